The number of halogens is 1. The van der Waals surface area contributed by atoms with E-state index in [1.54, 1.807) is 24.3 Å². The molecule has 1 aliphatic rings. The third-order valence-corrected chi connectivity index (χ3v) is 5.31. The number of nitrogens with zero attached hydrogens (tertiary/aromatic N) is 1. The summed E-state index contributed by atoms with van der Waals surface area (Å²) in [5, 5.41) is 0. The zero-order valence-electron chi connectivity index (χ0n) is 17.2. The summed E-state index contributed by atoms with van der Waals surface area (Å²) >= 11 is 0. The lowest BCUT2D eigenvalue weighted by Crippen LogP contribution is -2.40. The number of Topliss-reactive ketones (excluding diaryl/α,β-unsaturated/α-hetero) is 1. The first-order valence-electron chi connectivity index (χ1n) is 9.95. The molecule has 0 radical (unpaired) electrons. The molecule has 1 aliphatic carbocycles. The van der Waals surface area contributed by atoms with E-state index in [9.17, 15) is 18.8 Å². The van der Waals surface area contributed by atoms with Crippen molar-refractivity contribution >= 4 is 17.4 Å². The summed E-state index contributed by atoms with van der Waals surface area (Å²) in [6.07, 6.45) is 0.788. The number of pyridine rings is 1. The molecule has 0 spiro atoms. The number of amides is 1. The van der Waals surface area contributed by atoms with Gasteiger partial charge in [0.15, 0.2) is 5.78 Å². The maximum Gasteiger partial charge on any atom is 0.275 e. The lowest BCUT2D eigenvalue weighted by molar-refractivity contribution is 0.0908. The van der Waals surface area contributed by atoms with Crippen molar-refractivity contribution in [3.05, 3.63) is 93.7 Å². The van der Waals surface area contributed by atoms with Crippen LogP contribution in [0, 0.1) is 11.2 Å². The number of hydrogen-bond acceptors (Lipinski definition) is 4. The van der Waals surface area contributed by atoms with Crippen LogP contribution in [0.5, 0.6) is 0 Å². The zero-order valence-corrected chi connectivity index (χ0v) is 17.2. The van der Waals surface area contributed by atoms with Gasteiger partial charge in [0.2, 0.25) is 0 Å². The first-order chi connectivity index (χ1) is 14.7. The molecule has 7 heteroatoms. The molecule has 4 rings (SSSR count). The van der Waals surface area contributed by atoms with Gasteiger partial charge >= 0.3 is 0 Å². The smallest absolute Gasteiger partial charge is 0.275 e. The number of ketones is 1. The van der Waals surface area contributed by atoms with E-state index in [2.05, 4.69) is 10.9 Å². The predicted molar refractivity (Wildman–Crippen MR) is 116 cm³/mol. The van der Waals surface area contributed by atoms with Gasteiger partial charge in [-0.1, -0.05) is 32.0 Å². The largest absolute Gasteiger partial charge is 0.298 e. The molecule has 2 N–H and O–H groups in total. The minimum atomic E-state index is -0.662. The fourth-order valence-electron chi connectivity index (χ4n) is 3.86. The Kier molecular flexibility index (Phi) is 5.19. The Labute approximate surface area is 178 Å². The van der Waals surface area contributed by atoms with Crippen LogP contribution in [-0.2, 0) is 6.42 Å². The number of para-hydroxylation sites is 1. The highest BCUT2D eigenvalue weighted by Crippen LogP contribution is 2.35. The average molecular weight is 419 g/mol. The molecular weight excluding hydrogens is 397 g/mol. The molecule has 0 fully saturated rings. The van der Waals surface area contributed by atoms with Crippen LogP contribution in [0.1, 0.15) is 46.7 Å². The molecule has 31 heavy (non-hydrogen) atoms. The molecule has 1 aromatic heterocycles. The molecule has 0 atom stereocenters. The fourth-order valence-corrected chi connectivity index (χ4v) is 3.86. The van der Waals surface area contributed by atoms with Crippen LogP contribution in [-0.4, -0.2) is 16.3 Å². The van der Waals surface area contributed by atoms with Crippen LogP contribution in [0.25, 0.3) is 5.69 Å². The minimum absolute atomic E-state index is 0.132. The molecule has 0 unspecified atom stereocenters. The predicted octanol–water partition coefficient (Wildman–Crippen LogP) is 3.89. The summed E-state index contributed by atoms with van der Waals surface area (Å²) in [7, 11) is 0. The van der Waals surface area contributed by atoms with E-state index in [-0.39, 0.29) is 16.8 Å². The number of fused-ring (bicyclic) bond motifs is 1. The molecule has 158 valence electrons. The molecule has 0 saturated heterocycles. The Balaban J connectivity index is 1.82. The van der Waals surface area contributed by atoms with E-state index in [1.165, 1.54) is 34.9 Å². The SMILES string of the molecule is CC1(C)CC(=O)c2cc(C(=O)NNc3ccccc3)c(=O)n(-c3ccc(F)cc3)c2C1. The number of hydrogen-bond donors (Lipinski definition) is 2. The van der Waals surface area contributed by atoms with E-state index >= 15 is 0 Å². The number of anilines is 1. The molecular formula is C24H22FN3O3. The Hall–Kier alpha value is -3.74. The Morgan fingerprint density at radius 1 is 1.00 bits per heavy atom. The van der Waals surface area contributed by atoms with Gasteiger partial charge in [0, 0.05) is 23.4 Å². The summed E-state index contributed by atoms with van der Waals surface area (Å²) in [5.74, 6) is -1.24. The number of aromatic nitrogens is 1. The molecule has 6 nitrogen and oxygen atoms in total. The van der Waals surface area contributed by atoms with Gasteiger partial charge in [-0.25, -0.2) is 4.39 Å². The number of carbonyl (C=O) groups is 2. The van der Waals surface area contributed by atoms with Gasteiger partial charge in [-0.15, -0.1) is 0 Å². The van der Waals surface area contributed by atoms with Crippen molar-refractivity contribution in [2.24, 2.45) is 5.41 Å². The Morgan fingerprint density at radius 2 is 1.68 bits per heavy atom. The third-order valence-electron chi connectivity index (χ3n) is 5.31. The molecule has 0 saturated carbocycles. The molecule has 0 bridgehead atoms. The van der Waals surface area contributed by atoms with Gasteiger partial charge in [0.05, 0.1) is 5.69 Å². The Morgan fingerprint density at radius 3 is 2.35 bits per heavy atom. The van der Waals surface area contributed by atoms with Crippen LogP contribution in [0.3, 0.4) is 0 Å². The highest BCUT2D eigenvalue weighted by atomic mass is 19.1. The van der Waals surface area contributed by atoms with Gasteiger partial charge in [-0.3, -0.25) is 29.8 Å². The number of nitrogens with one attached hydrogen (secondary N) is 2. The molecule has 1 heterocycles. The number of carbonyl (C=O) groups excluding carboxylic acids is 2. The van der Waals surface area contributed by atoms with Crippen molar-refractivity contribution < 1.29 is 14.0 Å². The van der Waals surface area contributed by atoms with E-state index in [0.717, 1.165) is 0 Å². The highest BCUT2D eigenvalue weighted by molar-refractivity contribution is 6.02. The maximum absolute atomic E-state index is 13.5. The highest BCUT2D eigenvalue weighted by Gasteiger charge is 2.35. The quantitative estimate of drug-likeness (QED) is 0.629. The molecule has 0 aliphatic heterocycles. The van der Waals surface area contributed by atoms with Gasteiger partial charge in [-0.05, 0) is 54.3 Å². The van der Waals surface area contributed by atoms with Crippen molar-refractivity contribution in [2.45, 2.75) is 26.7 Å². The van der Waals surface area contributed by atoms with Gasteiger partial charge in [0.25, 0.3) is 11.5 Å². The van der Waals surface area contributed by atoms with Crippen molar-refractivity contribution in [1.82, 2.24) is 9.99 Å². The van der Waals surface area contributed by atoms with Crippen molar-refractivity contribution in [3.8, 4) is 5.69 Å². The molecule has 3 aromatic rings. The summed E-state index contributed by atoms with van der Waals surface area (Å²) in [6, 6.07) is 15.7. The summed E-state index contributed by atoms with van der Waals surface area (Å²) in [5.41, 5.74) is 6.12. The lowest BCUT2D eigenvalue weighted by Gasteiger charge is -2.32. The monoisotopic (exact) mass is 419 g/mol. The molecule has 2 aromatic carbocycles. The van der Waals surface area contributed by atoms with Crippen molar-refractivity contribution in [3.63, 3.8) is 0 Å². The van der Waals surface area contributed by atoms with E-state index in [0.29, 0.717) is 35.5 Å². The van der Waals surface area contributed by atoms with Crippen LogP contribution in [0.4, 0.5) is 10.1 Å². The van der Waals surface area contributed by atoms with Crippen LogP contribution in [0.2, 0.25) is 0 Å². The number of hydrazine groups is 1. The molecule has 1 amide bonds. The van der Waals surface area contributed by atoms with Crippen molar-refractivity contribution in [1.29, 1.82) is 0 Å². The van der Waals surface area contributed by atoms with Gasteiger partial charge in [-0.2, -0.15) is 0 Å². The lowest BCUT2D eigenvalue weighted by atomic mass is 9.75. The van der Waals surface area contributed by atoms with E-state index < -0.39 is 17.3 Å². The first kappa shape index (κ1) is 20.5. The summed E-state index contributed by atoms with van der Waals surface area (Å²) in [4.78, 5) is 39.1. The van der Waals surface area contributed by atoms with Crippen LogP contribution < -0.4 is 16.4 Å². The number of benzene rings is 2. The first-order valence-corrected chi connectivity index (χ1v) is 9.95. The second-order valence-corrected chi connectivity index (χ2v) is 8.42. The summed E-state index contributed by atoms with van der Waals surface area (Å²) < 4.78 is 14.8. The van der Waals surface area contributed by atoms with Crippen molar-refractivity contribution in [2.75, 3.05) is 5.43 Å². The number of rotatable bonds is 4. The van der Waals surface area contributed by atoms with E-state index in [1.807, 2.05) is 19.9 Å². The fraction of sp³-hybridized carbons (Fsp3) is 0.208. The second kappa shape index (κ2) is 7.83. The standard InChI is InChI=1S/C24H22FN3O3/c1-24(2)13-20-18(21(29)14-24)12-19(22(30)27-26-16-6-4-3-5-7-16)23(31)28(20)17-10-8-15(25)9-11-17/h3-12,26H,13-14H2,1-2H3,(H,27,30). The van der Waals surface area contributed by atoms with Gasteiger partial charge in [0.1, 0.15) is 11.4 Å². The second-order valence-electron chi connectivity index (χ2n) is 8.42. The maximum atomic E-state index is 13.5. The van der Waals surface area contributed by atoms with E-state index in [4.69, 9.17) is 0 Å². The average Bonchev–Trinajstić information content (AvgIpc) is 2.73. The minimum Gasteiger partial charge on any atom is -0.298 e. The topological polar surface area (TPSA) is 80.2 Å². The Bertz CT molecular complexity index is 1220. The third kappa shape index (κ3) is 4.12. The normalized spacial score (nSPS) is 14.6. The van der Waals surface area contributed by atoms with Crippen LogP contribution >= 0.6 is 0 Å². The van der Waals surface area contributed by atoms with Crippen LogP contribution in [0.15, 0.2) is 65.5 Å². The summed E-state index contributed by atoms with van der Waals surface area (Å²) in [6.45, 7) is 3.91. The zero-order chi connectivity index (χ0) is 22.2. The van der Waals surface area contributed by atoms with Gasteiger partial charge < -0.3 is 0 Å².